The van der Waals surface area contributed by atoms with E-state index in [1.165, 1.54) is 5.56 Å². The van der Waals surface area contributed by atoms with Gasteiger partial charge >= 0.3 is 6.03 Å². The zero-order valence-electron chi connectivity index (χ0n) is 16.0. The minimum absolute atomic E-state index is 0.213. The molecule has 0 spiro atoms. The molecule has 0 bridgehead atoms. The number of ether oxygens (including phenoxy) is 1. The Labute approximate surface area is 169 Å². The highest BCUT2D eigenvalue weighted by Crippen LogP contribution is 2.26. The molecule has 4 rings (SSSR count). The molecule has 1 aliphatic heterocycles. The van der Waals surface area contributed by atoms with Gasteiger partial charge < -0.3 is 10.1 Å². The third-order valence-electron chi connectivity index (χ3n) is 4.63. The maximum atomic E-state index is 12.8. The lowest BCUT2D eigenvalue weighted by atomic mass is 10.1. The van der Waals surface area contributed by atoms with Crippen LogP contribution in [-0.2, 0) is 11.4 Å². The van der Waals surface area contributed by atoms with Crippen molar-refractivity contribution in [2.45, 2.75) is 13.5 Å². The van der Waals surface area contributed by atoms with Crippen LogP contribution in [-0.4, -0.2) is 11.9 Å². The van der Waals surface area contributed by atoms with Crippen molar-refractivity contribution in [1.29, 1.82) is 0 Å². The Bertz CT molecular complexity index is 1070. The van der Waals surface area contributed by atoms with Gasteiger partial charge in [-0.25, -0.2) is 9.69 Å². The number of carbonyl (C=O) groups excluding carboxylic acids is 2. The monoisotopic (exact) mass is 384 g/mol. The summed E-state index contributed by atoms with van der Waals surface area (Å²) in [6.45, 7) is 2.45. The van der Waals surface area contributed by atoms with Gasteiger partial charge in [0.15, 0.2) is 0 Å². The van der Waals surface area contributed by atoms with Gasteiger partial charge in [0.2, 0.25) is 0 Å². The number of amides is 3. The van der Waals surface area contributed by atoms with Crippen molar-refractivity contribution in [3.8, 4) is 5.75 Å². The van der Waals surface area contributed by atoms with Crippen molar-refractivity contribution in [2.75, 3.05) is 4.90 Å². The summed E-state index contributed by atoms with van der Waals surface area (Å²) in [5.74, 6) is 0.246. The molecule has 29 heavy (non-hydrogen) atoms. The number of nitrogens with zero attached hydrogens (tertiary/aromatic N) is 1. The van der Waals surface area contributed by atoms with Crippen LogP contribution in [0, 0.1) is 6.92 Å². The van der Waals surface area contributed by atoms with Crippen LogP contribution < -0.4 is 15.0 Å². The number of hydrogen-bond donors (Lipinski definition) is 1. The second kappa shape index (κ2) is 8.02. The zero-order chi connectivity index (χ0) is 20.2. The number of para-hydroxylation sites is 2. The zero-order valence-corrected chi connectivity index (χ0v) is 16.0. The van der Waals surface area contributed by atoms with E-state index in [0.29, 0.717) is 18.0 Å². The molecule has 1 aliphatic rings. The molecule has 0 atom stereocenters. The highest BCUT2D eigenvalue weighted by atomic mass is 16.5. The number of aryl methyl sites for hydroxylation is 1. The molecule has 3 amide bonds. The molecule has 0 radical (unpaired) electrons. The van der Waals surface area contributed by atoms with E-state index in [9.17, 15) is 9.59 Å². The fourth-order valence-electron chi connectivity index (χ4n) is 3.08. The number of anilines is 1. The Morgan fingerprint density at radius 1 is 0.897 bits per heavy atom. The number of rotatable bonds is 5. The maximum Gasteiger partial charge on any atom is 0.333 e. The van der Waals surface area contributed by atoms with E-state index in [-0.39, 0.29) is 5.70 Å². The smallest absolute Gasteiger partial charge is 0.333 e. The molecule has 0 aliphatic carbocycles. The molecule has 144 valence electrons. The molecule has 0 aromatic heterocycles. The van der Waals surface area contributed by atoms with Crippen molar-refractivity contribution in [3.05, 3.63) is 101 Å². The number of benzene rings is 3. The molecule has 1 N–H and O–H groups in total. The maximum absolute atomic E-state index is 12.8. The molecule has 0 unspecified atom stereocenters. The number of imide groups is 1. The van der Waals surface area contributed by atoms with Gasteiger partial charge in [-0.15, -0.1) is 0 Å². The third-order valence-corrected chi connectivity index (χ3v) is 4.63. The predicted octanol–water partition coefficient (Wildman–Crippen LogP) is 4.67. The Hall–Kier alpha value is -3.86. The largest absolute Gasteiger partial charge is 0.488 e. The van der Waals surface area contributed by atoms with Crippen LogP contribution in [0.2, 0.25) is 0 Å². The SMILES string of the molecule is Cc1ccc(COc2ccccc2/C=C2/NC(=O)N(c3ccccc3)C2=O)cc1. The molecular formula is C24H20N2O3. The molecule has 5 nitrogen and oxygen atoms in total. The Morgan fingerprint density at radius 3 is 2.34 bits per heavy atom. The number of carbonyl (C=O) groups is 2. The van der Waals surface area contributed by atoms with E-state index >= 15 is 0 Å². The fraction of sp³-hybridized carbons (Fsp3) is 0.0833. The third kappa shape index (κ3) is 4.04. The van der Waals surface area contributed by atoms with Crippen molar-refractivity contribution >= 4 is 23.7 Å². The lowest BCUT2D eigenvalue weighted by molar-refractivity contribution is -0.113. The van der Waals surface area contributed by atoms with Crippen molar-refractivity contribution in [3.63, 3.8) is 0 Å². The molecule has 1 heterocycles. The lowest BCUT2D eigenvalue weighted by Gasteiger charge is -2.11. The molecular weight excluding hydrogens is 364 g/mol. The lowest BCUT2D eigenvalue weighted by Crippen LogP contribution is -2.30. The normalized spacial score (nSPS) is 14.9. The number of nitrogens with one attached hydrogen (secondary N) is 1. The van der Waals surface area contributed by atoms with Crippen LogP contribution in [0.1, 0.15) is 16.7 Å². The van der Waals surface area contributed by atoms with Crippen LogP contribution >= 0.6 is 0 Å². The van der Waals surface area contributed by atoms with Crippen LogP contribution in [0.5, 0.6) is 5.75 Å². The van der Waals surface area contributed by atoms with E-state index in [4.69, 9.17) is 4.74 Å². The summed E-state index contributed by atoms with van der Waals surface area (Å²) in [4.78, 5) is 26.2. The number of hydrogen-bond acceptors (Lipinski definition) is 3. The Kier molecular flexibility index (Phi) is 5.12. The van der Waals surface area contributed by atoms with Gasteiger partial charge in [0.25, 0.3) is 5.91 Å². The first-order valence-electron chi connectivity index (χ1n) is 9.31. The van der Waals surface area contributed by atoms with Gasteiger partial charge in [0.1, 0.15) is 18.1 Å². The predicted molar refractivity (Wildman–Crippen MR) is 112 cm³/mol. The molecule has 3 aromatic carbocycles. The summed E-state index contributed by atoms with van der Waals surface area (Å²) in [5.41, 5.74) is 3.71. The summed E-state index contributed by atoms with van der Waals surface area (Å²) in [5, 5.41) is 2.65. The molecule has 1 fully saturated rings. The highest BCUT2D eigenvalue weighted by Gasteiger charge is 2.34. The Morgan fingerprint density at radius 2 is 1.59 bits per heavy atom. The first kappa shape index (κ1) is 18.5. The van der Waals surface area contributed by atoms with E-state index < -0.39 is 11.9 Å². The van der Waals surface area contributed by atoms with E-state index in [1.807, 2.05) is 61.5 Å². The molecule has 1 saturated heterocycles. The summed E-state index contributed by atoms with van der Waals surface area (Å²) in [7, 11) is 0. The van der Waals surface area contributed by atoms with Gasteiger partial charge in [-0.1, -0.05) is 66.2 Å². The highest BCUT2D eigenvalue weighted by molar-refractivity contribution is 6.28. The summed E-state index contributed by atoms with van der Waals surface area (Å²) in [6.07, 6.45) is 1.65. The molecule has 0 saturated carbocycles. The van der Waals surface area contributed by atoms with Gasteiger partial charge in [-0.05, 0) is 36.8 Å². The topological polar surface area (TPSA) is 58.6 Å². The summed E-state index contributed by atoms with van der Waals surface area (Å²) < 4.78 is 5.96. The minimum atomic E-state index is -0.467. The summed E-state index contributed by atoms with van der Waals surface area (Å²) in [6, 6.07) is 23.9. The minimum Gasteiger partial charge on any atom is -0.488 e. The second-order valence-corrected chi connectivity index (χ2v) is 6.78. The van der Waals surface area contributed by atoms with E-state index in [0.717, 1.165) is 16.0 Å². The van der Waals surface area contributed by atoms with Crippen LogP contribution in [0.3, 0.4) is 0 Å². The first-order chi connectivity index (χ1) is 14.1. The van der Waals surface area contributed by atoms with Gasteiger partial charge in [-0.2, -0.15) is 0 Å². The van der Waals surface area contributed by atoms with Crippen LogP contribution in [0.25, 0.3) is 6.08 Å². The summed E-state index contributed by atoms with van der Waals surface area (Å²) >= 11 is 0. The van der Waals surface area contributed by atoms with Gasteiger partial charge in [0.05, 0.1) is 5.69 Å². The average Bonchev–Trinajstić information content (AvgIpc) is 3.02. The Balaban J connectivity index is 1.56. The first-order valence-corrected chi connectivity index (χ1v) is 9.31. The van der Waals surface area contributed by atoms with Crippen molar-refractivity contribution < 1.29 is 14.3 Å². The molecule has 5 heteroatoms. The van der Waals surface area contributed by atoms with Crippen molar-refractivity contribution in [1.82, 2.24) is 5.32 Å². The second-order valence-electron chi connectivity index (χ2n) is 6.78. The fourth-order valence-corrected chi connectivity index (χ4v) is 3.08. The average molecular weight is 384 g/mol. The van der Waals surface area contributed by atoms with E-state index in [2.05, 4.69) is 5.32 Å². The standard InChI is InChI=1S/C24H20N2O3/c1-17-11-13-18(14-12-17)16-29-22-10-6-5-7-19(22)15-21-23(27)26(24(28)25-21)20-8-3-2-4-9-20/h2-15H,16H2,1H3,(H,25,28)/b21-15+. The van der Waals surface area contributed by atoms with Crippen LogP contribution in [0.15, 0.2) is 84.6 Å². The van der Waals surface area contributed by atoms with Crippen LogP contribution in [0.4, 0.5) is 10.5 Å². The molecule has 3 aromatic rings. The van der Waals surface area contributed by atoms with Crippen molar-refractivity contribution in [2.24, 2.45) is 0 Å². The number of urea groups is 1. The van der Waals surface area contributed by atoms with Gasteiger partial charge in [0, 0.05) is 5.56 Å². The van der Waals surface area contributed by atoms with E-state index in [1.54, 1.807) is 30.3 Å². The van der Waals surface area contributed by atoms with Gasteiger partial charge in [-0.3, -0.25) is 4.79 Å². The quantitative estimate of drug-likeness (QED) is 0.514.